The van der Waals surface area contributed by atoms with Gasteiger partial charge in [-0.05, 0) is 39.2 Å². The predicted molar refractivity (Wildman–Crippen MR) is 92.7 cm³/mol. The second kappa shape index (κ2) is 6.66. The Balaban J connectivity index is 2.17. The number of piperidine rings is 1. The van der Waals surface area contributed by atoms with E-state index in [9.17, 15) is 19.5 Å². The predicted octanol–water partition coefficient (Wildman–Crippen LogP) is 2.06. The van der Waals surface area contributed by atoms with Crippen LogP contribution < -0.4 is 5.56 Å². The number of fused-ring (bicyclic) bond motifs is 1. The molecule has 7 nitrogen and oxygen atoms in total. The van der Waals surface area contributed by atoms with Crippen LogP contribution in [0.25, 0.3) is 10.8 Å². The monoisotopic (exact) mass is 343 g/mol. The highest BCUT2D eigenvalue weighted by atomic mass is 16.4. The molecule has 2 heterocycles. The van der Waals surface area contributed by atoms with Gasteiger partial charge in [-0.1, -0.05) is 18.2 Å². The van der Waals surface area contributed by atoms with Crippen LogP contribution in [0.4, 0.5) is 0 Å². The van der Waals surface area contributed by atoms with Gasteiger partial charge in [0.25, 0.3) is 11.5 Å². The van der Waals surface area contributed by atoms with E-state index in [1.165, 1.54) is 9.58 Å². The SMILES string of the molecule is CC(C)n1nc(C(=O)N2CCCC[C@@H]2C(=O)O)c2ccccc2c1=O. The average Bonchev–Trinajstić information content (AvgIpc) is 2.61. The number of nitrogens with zero attached hydrogens (tertiary/aromatic N) is 3. The van der Waals surface area contributed by atoms with Crippen LogP contribution >= 0.6 is 0 Å². The van der Waals surface area contributed by atoms with Crippen molar-refractivity contribution in [2.75, 3.05) is 6.54 Å². The molecule has 0 saturated carbocycles. The molecule has 1 aliphatic rings. The molecule has 3 rings (SSSR count). The van der Waals surface area contributed by atoms with E-state index in [4.69, 9.17) is 0 Å². The Hall–Kier alpha value is -2.70. The lowest BCUT2D eigenvalue weighted by molar-refractivity contribution is -0.143. The third kappa shape index (κ3) is 3.01. The van der Waals surface area contributed by atoms with E-state index in [-0.39, 0.29) is 17.3 Å². The van der Waals surface area contributed by atoms with E-state index in [1.807, 2.05) is 13.8 Å². The molecule has 0 spiro atoms. The molecule has 132 valence electrons. The molecule has 2 aromatic rings. The number of aliphatic carboxylic acids is 1. The van der Waals surface area contributed by atoms with Crippen molar-refractivity contribution in [1.82, 2.24) is 14.7 Å². The summed E-state index contributed by atoms with van der Waals surface area (Å²) in [7, 11) is 0. The number of hydrogen-bond donors (Lipinski definition) is 1. The Bertz CT molecular complexity index is 888. The maximum atomic E-state index is 13.1. The van der Waals surface area contributed by atoms with Crippen LogP contribution in [0.15, 0.2) is 29.1 Å². The molecule has 1 atom stereocenters. The van der Waals surface area contributed by atoms with Gasteiger partial charge in [0.15, 0.2) is 5.69 Å². The minimum Gasteiger partial charge on any atom is -0.480 e. The maximum absolute atomic E-state index is 13.1. The third-order valence-electron chi connectivity index (χ3n) is 4.57. The molecular formula is C18H21N3O4. The van der Waals surface area contributed by atoms with Crippen LogP contribution in [-0.2, 0) is 4.79 Å². The number of aromatic nitrogens is 2. The average molecular weight is 343 g/mol. The molecule has 1 saturated heterocycles. The van der Waals surface area contributed by atoms with Crippen LogP contribution in [-0.4, -0.2) is 44.3 Å². The highest BCUT2D eigenvalue weighted by molar-refractivity contribution is 6.05. The molecule has 1 N–H and O–H groups in total. The lowest BCUT2D eigenvalue weighted by Gasteiger charge is -2.33. The molecule has 0 aliphatic carbocycles. The first-order valence-electron chi connectivity index (χ1n) is 8.47. The smallest absolute Gasteiger partial charge is 0.326 e. The van der Waals surface area contributed by atoms with E-state index in [0.29, 0.717) is 23.7 Å². The molecule has 0 radical (unpaired) electrons. The van der Waals surface area contributed by atoms with Crippen molar-refractivity contribution in [3.05, 3.63) is 40.3 Å². The van der Waals surface area contributed by atoms with E-state index in [0.717, 1.165) is 12.8 Å². The fraction of sp³-hybridized carbons (Fsp3) is 0.444. The van der Waals surface area contributed by atoms with Gasteiger partial charge in [-0.25, -0.2) is 9.48 Å². The Kier molecular flexibility index (Phi) is 4.57. The maximum Gasteiger partial charge on any atom is 0.326 e. The zero-order valence-corrected chi connectivity index (χ0v) is 14.3. The van der Waals surface area contributed by atoms with Gasteiger partial charge in [-0.15, -0.1) is 0 Å². The molecule has 7 heteroatoms. The summed E-state index contributed by atoms with van der Waals surface area (Å²) < 4.78 is 1.29. The Morgan fingerprint density at radius 3 is 2.52 bits per heavy atom. The topological polar surface area (TPSA) is 92.5 Å². The number of benzene rings is 1. The molecule has 1 fully saturated rings. The zero-order valence-electron chi connectivity index (χ0n) is 14.3. The van der Waals surface area contributed by atoms with Crippen molar-refractivity contribution in [2.45, 2.75) is 45.2 Å². The molecule has 1 amide bonds. The van der Waals surface area contributed by atoms with Crippen LogP contribution in [0.1, 0.15) is 49.6 Å². The number of amides is 1. The Labute approximate surface area is 144 Å². The lowest BCUT2D eigenvalue weighted by atomic mass is 10.0. The van der Waals surface area contributed by atoms with Gasteiger partial charge in [-0.3, -0.25) is 9.59 Å². The van der Waals surface area contributed by atoms with E-state index in [2.05, 4.69) is 5.10 Å². The van der Waals surface area contributed by atoms with Crippen LogP contribution in [0, 0.1) is 0 Å². The quantitative estimate of drug-likeness (QED) is 0.921. The summed E-state index contributed by atoms with van der Waals surface area (Å²) in [6.07, 6.45) is 1.97. The van der Waals surface area contributed by atoms with Crippen LogP contribution in [0.3, 0.4) is 0 Å². The highest BCUT2D eigenvalue weighted by Crippen LogP contribution is 2.22. The highest BCUT2D eigenvalue weighted by Gasteiger charge is 2.34. The van der Waals surface area contributed by atoms with Gasteiger partial charge in [0.05, 0.1) is 11.4 Å². The first-order chi connectivity index (χ1) is 11.9. The summed E-state index contributed by atoms with van der Waals surface area (Å²) in [5, 5.41) is 14.6. The molecule has 0 bridgehead atoms. The number of hydrogen-bond acceptors (Lipinski definition) is 4. The number of carbonyl (C=O) groups excluding carboxylic acids is 1. The molecule has 25 heavy (non-hydrogen) atoms. The molecule has 1 aromatic carbocycles. The number of rotatable bonds is 3. The summed E-state index contributed by atoms with van der Waals surface area (Å²) in [4.78, 5) is 38.6. The van der Waals surface area contributed by atoms with Gasteiger partial charge >= 0.3 is 5.97 Å². The van der Waals surface area contributed by atoms with Gasteiger partial charge in [0.2, 0.25) is 0 Å². The van der Waals surface area contributed by atoms with E-state index >= 15 is 0 Å². The lowest BCUT2D eigenvalue weighted by Crippen LogP contribution is -2.48. The summed E-state index contributed by atoms with van der Waals surface area (Å²) in [6, 6.07) is 5.77. The summed E-state index contributed by atoms with van der Waals surface area (Å²) in [5.74, 6) is -1.44. The Morgan fingerprint density at radius 1 is 1.20 bits per heavy atom. The molecule has 1 aliphatic heterocycles. The summed E-state index contributed by atoms with van der Waals surface area (Å²) in [6.45, 7) is 4.02. The standard InChI is InChI=1S/C18H21N3O4/c1-11(2)21-16(22)13-8-4-3-7-12(13)15(19-21)17(23)20-10-6-5-9-14(20)18(24)25/h3-4,7-8,11,14H,5-6,9-10H2,1-2H3,(H,24,25)/t14-/m1/s1. The van der Waals surface area contributed by atoms with Crippen LogP contribution in [0.5, 0.6) is 0 Å². The fourth-order valence-corrected chi connectivity index (χ4v) is 3.28. The van der Waals surface area contributed by atoms with Crippen molar-refractivity contribution in [3.63, 3.8) is 0 Å². The second-order valence-electron chi connectivity index (χ2n) is 6.59. The Morgan fingerprint density at radius 2 is 1.88 bits per heavy atom. The summed E-state index contributed by atoms with van der Waals surface area (Å²) >= 11 is 0. The van der Waals surface area contributed by atoms with Gasteiger partial charge < -0.3 is 10.0 Å². The van der Waals surface area contributed by atoms with Gasteiger partial charge in [0.1, 0.15) is 6.04 Å². The normalized spacial score (nSPS) is 17.9. The van der Waals surface area contributed by atoms with Crippen molar-refractivity contribution >= 4 is 22.6 Å². The van der Waals surface area contributed by atoms with Crippen molar-refractivity contribution in [1.29, 1.82) is 0 Å². The van der Waals surface area contributed by atoms with Crippen molar-refractivity contribution in [2.24, 2.45) is 0 Å². The molecular weight excluding hydrogens is 322 g/mol. The summed E-state index contributed by atoms with van der Waals surface area (Å²) in [5.41, 5.74) is -0.118. The van der Waals surface area contributed by atoms with E-state index in [1.54, 1.807) is 24.3 Å². The van der Waals surface area contributed by atoms with Crippen molar-refractivity contribution < 1.29 is 14.7 Å². The number of carboxylic acids is 1. The second-order valence-corrected chi connectivity index (χ2v) is 6.59. The minimum absolute atomic E-state index is 0.136. The number of carboxylic acid groups (broad SMARTS) is 1. The number of carbonyl (C=O) groups is 2. The van der Waals surface area contributed by atoms with E-state index < -0.39 is 17.9 Å². The molecule has 0 unspecified atom stereocenters. The fourth-order valence-electron chi connectivity index (χ4n) is 3.28. The van der Waals surface area contributed by atoms with Gasteiger partial charge in [-0.2, -0.15) is 5.10 Å². The van der Waals surface area contributed by atoms with Crippen LogP contribution in [0.2, 0.25) is 0 Å². The minimum atomic E-state index is -1.01. The zero-order chi connectivity index (χ0) is 18.1. The third-order valence-corrected chi connectivity index (χ3v) is 4.57. The largest absolute Gasteiger partial charge is 0.480 e. The first-order valence-corrected chi connectivity index (χ1v) is 8.47. The first kappa shape index (κ1) is 17.1. The molecule has 1 aromatic heterocycles. The van der Waals surface area contributed by atoms with Crippen molar-refractivity contribution in [3.8, 4) is 0 Å². The number of likely N-dealkylation sites (tertiary alicyclic amines) is 1. The van der Waals surface area contributed by atoms with Gasteiger partial charge in [0, 0.05) is 11.9 Å².